The average molecular weight is 178 g/mol. The van der Waals surface area contributed by atoms with Crippen molar-refractivity contribution in [2.45, 2.75) is 51.0 Å². The minimum atomic E-state index is 0.376. The first-order valence-corrected chi connectivity index (χ1v) is 5.39. The molecule has 0 bridgehead atoms. The highest BCUT2D eigenvalue weighted by Crippen LogP contribution is 2.36. The van der Waals surface area contributed by atoms with Crippen LogP contribution in [-0.4, -0.2) is 6.10 Å². The van der Waals surface area contributed by atoms with E-state index in [1.165, 1.54) is 44.9 Å². The molecule has 0 N–H and O–H groups in total. The summed E-state index contributed by atoms with van der Waals surface area (Å²) in [6.45, 7) is 3.65. The van der Waals surface area contributed by atoms with Gasteiger partial charge < -0.3 is 4.74 Å². The van der Waals surface area contributed by atoms with E-state index in [4.69, 9.17) is 4.74 Å². The van der Waals surface area contributed by atoms with E-state index in [-0.39, 0.29) is 0 Å². The van der Waals surface area contributed by atoms with Crippen molar-refractivity contribution in [1.82, 2.24) is 0 Å². The van der Waals surface area contributed by atoms with Crippen molar-refractivity contribution in [3.8, 4) is 0 Å². The standard InChI is InChI=1S/C12H18O/c1-2-13-12-9-5-7-10-6-3-4-8-11(10)12/h2,12H,1,3-9H2. The van der Waals surface area contributed by atoms with E-state index in [1.807, 2.05) is 0 Å². The van der Waals surface area contributed by atoms with Gasteiger partial charge in [0.15, 0.2) is 0 Å². The van der Waals surface area contributed by atoms with Gasteiger partial charge in [0.25, 0.3) is 0 Å². The molecule has 0 saturated carbocycles. The third kappa shape index (κ3) is 1.79. The Labute approximate surface area is 80.5 Å². The summed E-state index contributed by atoms with van der Waals surface area (Å²) < 4.78 is 5.56. The van der Waals surface area contributed by atoms with Crippen molar-refractivity contribution in [3.05, 3.63) is 24.0 Å². The Kier molecular flexibility index (Phi) is 2.72. The minimum absolute atomic E-state index is 0.376. The molecule has 0 amide bonds. The fourth-order valence-corrected chi connectivity index (χ4v) is 2.61. The quantitative estimate of drug-likeness (QED) is 0.464. The van der Waals surface area contributed by atoms with Crippen molar-refractivity contribution in [3.63, 3.8) is 0 Å². The van der Waals surface area contributed by atoms with Crippen LogP contribution in [0, 0.1) is 0 Å². The predicted molar refractivity (Wildman–Crippen MR) is 54.4 cm³/mol. The molecule has 0 fully saturated rings. The first-order chi connectivity index (χ1) is 6.42. The first kappa shape index (κ1) is 8.86. The number of ether oxygens (including phenoxy) is 1. The van der Waals surface area contributed by atoms with Gasteiger partial charge in [0.1, 0.15) is 6.10 Å². The molecule has 2 aliphatic rings. The molecule has 0 aromatic carbocycles. The number of allylic oxidation sites excluding steroid dienone is 1. The van der Waals surface area contributed by atoms with Crippen molar-refractivity contribution in [2.75, 3.05) is 0 Å². The van der Waals surface area contributed by atoms with E-state index >= 15 is 0 Å². The molecule has 72 valence electrons. The molecule has 0 saturated heterocycles. The first-order valence-electron chi connectivity index (χ1n) is 5.39. The number of hydrogen-bond acceptors (Lipinski definition) is 1. The molecule has 1 unspecified atom stereocenters. The summed E-state index contributed by atoms with van der Waals surface area (Å²) in [4.78, 5) is 0. The third-order valence-electron chi connectivity index (χ3n) is 3.22. The van der Waals surface area contributed by atoms with E-state index < -0.39 is 0 Å². The van der Waals surface area contributed by atoms with E-state index in [9.17, 15) is 0 Å². The van der Waals surface area contributed by atoms with E-state index in [0.717, 1.165) is 0 Å². The van der Waals surface area contributed by atoms with Crippen LogP contribution in [0.15, 0.2) is 24.0 Å². The number of hydrogen-bond donors (Lipinski definition) is 0. The van der Waals surface area contributed by atoms with Crippen LogP contribution in [-0.2, 0) is 4.74 Å². The molecule has 1 atom stereocenters. The SMILES string of the molecule is C=COC1CCCC2=C1CCCC2. The van der Waals surface area contributed by atoms with Gasteiger partial charge in [0, 0.05) is 0 Å². The molecule has 13 heavy (non-hydrogen) atoms. The van der Waals surface area contributed by atoms with Crippen LogP contribution in [0.3, 0.4) is 0 Å². The molecule has 0 aromatic heterocycles. The van der Waals surface area contributed by atoms with Gasteiger partial charge in [-0.25, -0.2) is 0 Å². The fourth-order valence-electron chi connectivity index (χ4n) is 2.61. The van der Waals surface area contributed by atoms with Gasteiger partial charge in [-0.1, -0.05) is 12.2 Å². The van der Waals surface area contributed by atoms with Crippen molar-refractivity contribution in [1.29, 1.82) is 0 Å². The van der Waals surface area contributed by atoms with Crippen LogP contribution in [0.1, 0.15) is 44.9 Å². The van der Waals surface area contributed by atoms with Crippen molar-refractivity contribution in [2.24, 2.45) is 0 Å². The van der Waals surface area contributed by atoms with E-state index in [2.05, 4.69) is 6.58 Å². The summed E-state index contributed by atoms with van der Waals surface area (Å²) in [7, 11) is 0. The molecule has 1 nitrogen and oxygen atoms in total. The Bertz CT molecular complexity index is 223. The normalized spacial score (nSPS) is 28.2. The second kappa shape index (κ2) is 3.99. The van der Waals surface area contributed by atoms with Gasteiger partial charge in [0.2, 0.25) is 0 Å². The highest BCUT2D eigenvalue weighted by molar-refractivity contribution is 5.23. The Morgan fingerprint density at radius 1 is 1.15 bits per heavy atom. The Morgan fingerprint density at radius 2 is 1.92 bits per heavy atom. The van der Waals surface area contributed by atoms with Gasteiger partial charge in [-0.05, 0) is 50.5 Å². The second-order valence-corrected chi connectivity index (χ2v) is 4.02. The maximum Gasteiger partial charge on any atom is 0.119 e. The highest BCUT2D eigenvalue weighted by Gasteiger charge is 2.25. The largest absolute Gasteiger partial charge is 0.494 e. The van der Waals surface area contributed by atoms with E-state index in [0.29, 0.717) is 6.10 Å². The Balaban J connectivity index is 2.14. The molecule has 1 heteroatoms. The maximum atomic E-state index is 5.56. The van der Waals surface area contributed by atoms with E-state index in [1.54, 1.807) is 17.4 Å². The maximum absolute atomic E-state index is 5.56. The fraction of sp³-hybridized carbons (Fsp3) is 0.667. The molecule has 2 aliphatic carbocycles. The zero-order valence-electron chi connectivity index (χ0n) is 8.22. The molecule has 0 spiro atoms. The topological polar surface area (TPSA) is 9.23 Å². The lowest BCUT2D eigenvalue weighted by Gasteiger charge is -2.31. The lowest BCUT2D eigenvalue weighted by Crippen LogP contribution is -2.21. The summed E-state index contributed by atoms with van der Waals surface area (Å²) in [5.41, 5.74) is 3.31. The zero-order chi connectivity index (χ0) is 9.10. The Morgan fingerprint density at radius 3 is 2.77 bits per heavy atom. The molecule has 2 rings (SSSR count). The van der Waals surface area contributed by atoms with Crippen LogP contribution in [0.2, 0.25) is 0 Å². The molecule has 0 aromatic rings. The summed E-state index contributed by atoms with van der Waals surface area (Å²) >= 11 is 0. The lowest BCUT2D eigenvalue weighted by atomic mass is 9.80. The minimum Gasteiger partial charge on any atom is -0.494 e. The van der Waals surface area contributed by atoms with Gasteiger partial charge >= 0.3 is 0 Å². The van der Waals surface area contributed by atoms with Crippen molar-refractivity contribution >= 4 is 0 Å². The molecule has 0 heterocycles. The van der Waals surface area contributed by atoms with Crippen LogP contribution in [0.4, 0.5) is 0 Å². The summed E-state index contributed by atoms with van der Waals surface area (Å²) in [6.07, 6.45) is 11.2. The lowest BCUT2D eigenvalue weighted by molar-refractivity contribution is 0.151. The third-order valence-corrected chi connectivity index (χ3v) is 3.22. The number of rotatable bonds is 2. The smallest absolute Gasteiger partial charge is 0.119 e. The van der Waals surface area contributed by atoms with Gasteiger partial charge in [0.05, 0.1) is 6.26 Å². The zero-order valence-corrected chi connectivity index (χ0v) is 8.22. The van der Waals surface area contributed by atoms with Crippen LogP contribution >= 0.6 is 0 Å². The van der Waals surface area contributed by atoms with Crippen LogP contribution in [0.25, 0.3) is 0 Å². The highest BCUT2D eigenvalue weighted by atomic mass is 16.5. The van der Waals surface area contributed by atoms with Crippen LogP contribution < -0.4 is 0 Å². The summed E-state index contributed by atoms with van der Waals surface area (Å²) in [6, 6.07) is 0. The molecular weight excluding hydrogens is 160 g/mol. The van der Waals surface area contributed by atoms with Crippen LogP contribution in [0.5, 0.6) is 0 Å². The molecule has 0 aliphatic heterocycles. The van der Waals surface area contributed by atoms with Crippen molar-refractivity contribution < 1.29 is 4.74 Å². The monoisotopic (exact) mass is 178 g/mol. The molecule has 0 radical (unpaired) electrons. The second-order valence-electron chi connectivity index (χ2n) is 4.02. The van der Waals surface area contributed by atoms with Gasteiger partial charge in [-0.2, -0.15) is 0 Å². The predicted octanol–water partition coefficient (Wildman–Crippen LogP) is 3.57. The van der Waals surface area contributed by atoms with Gasteiger partial charge in [-0.15, -0.1) is 0 Å². The summed E-state index contributed by atoms with van der Waals surface area (Å²) in [5.74, 6) is 0. The molecular formula is C12H18O. The van der Waals surface area contributed by atoms with Gasteiger partial charge in [-0.3, -0.25) is 0 Å². The average Bonchev–Trinajstić information content (AvgIpc) is 2.19. The summed E-state index contributed by atoms with van der Waals surface area (Å²) in [5, 5.41) is 0. The Hall–Kier alpha value is -0.720.